The molecular weight excluding hydrogens is 378 g/mol. The van der Waals surface area contributed by atoms with Crippen molar-refractivity contribution in [3.8, 4) is 22.5 Å². The van der Waals surface area contributed by atoms with E-state index in [4.69, 9.17) is 4.42 Å². The molecule has 0 fully saturated rings. The highest BCUT2D eigenvalue weighted by atomic mass is 16.6. The van der Waals surface area contributed by atoms with Crippen LogP contribution in [0.5, 0.6) is 0 Å². The van der Waals surface area contributed by atoms with Gasteiger partial charge in [-0.3, -0.25) is 14.9 Å². The average molecular weight is 393 g/mol. The molecule has 0 aliphatic heterocycles. The number of benzene rings is 4. The summed E-state index contributed by atoms with van der Waals surface area (Å²) in [5.41, 5.74) is 2.82. The molecule has 0 amide bonds. The number of fused-ring (bicyclic) bond motifs is 2. The van der Waals surface area contributed by atoms with Crippen LogP contribution in [-0.2, 0) is 0 Å². The molecular formula is C25H15NO4. The van der Waals surface area contributed by atoms with Crippen molar-refractivity contribution >= 4 is 27.4 Å². The minimum Gasteiger partial charge on any atom is -0.456 e. The number of non-ortho nitro benzene ring substituents is 1. The van der Waals surface area contributed by atoms with Crippen molar-refractivity contribution in [2.75, 3.05) is 0 Å². The number of nitro benzene ring substituents is 1. The zero-order valence-electron chi connectivity index (χ0n) is 15.7. The van der Waals surface area contributed by atoms with Gasteiger partial charge >= 0.3 is 0 Å². The van der Waals surface area contributed by atoms with Crippen LogP contribution in [0.25, 0.3) is 44.2 Å². The van der Waals surface area contributed by atoms with Crippen LogP contribution in [0.1, 0.15) is 0 Å². The van der Waals surface area contributed by atoms with E-state index in [0.717, 1.165) is 27.5 Å². The Balaban J connectivity index is 1.79. The molecule has 5 rings (SSSR count). The highest BCUT2D eigenvalue weighted by molar-refractivity contribution is 5.96. The smallest absolute Gasteiger partial charge is 0.269 e. The summed E-state index contributed by atoms with van der Waals surface area (Å²) in [5.74, 6) is 0.456. The molecule has 144 valence electrons. The summed E-state index contributed by atoms with van der Waals surface area (Å²) >= 11 is 0. The normalized spacial score (nSPS) is 11.1. The molecule has 4 aromatic carbocycles. The minimum atomic E-state index is -0.423. The Hall–Kier alpha value is -4.25. The van der Waals surface area contributed by atoms with Crippen molar-refractivity contribution in [1.82, 2.24) is 0 Å². The summed E-state index contributed by atoms with van der Waals surface area (Å²) in [6.45, 7) is 0. The van der Waals surface area contributed by atoms with E-state index in [2.05, 4.69) is 0 Å². The van der Waals surface area contributed by atoms with E-state index < -0.39 is 4.92 Å². The Morgan fingerprint density at radius 3 is 2.07 bits per heavy atom. The maximum atomic E-state index is 12.7. The van der Waals surface area contributed by atoms with Crippen molar-refractivity contribution in [3.63, 3.8) is 0 Å². The molecule has 0 radical (unpaired) electrons. The minimum absolute atomic E-state index is 0.0262. The first-order valence-corrected chi connectivity index (χ1v) is 9.41. The molecule has 0 atom stereocenters. The molecule has 0 spiro atoms. The predicted molar refractivity (Wildman–Crippen MR) is 118 cm³/mol. The van der Waals surface area contributed by atoms with Crippen LogP contribution in [0.15, 0.2) is 100 Å². The molecule has 0 bridgehead atoms. The van der Waals surface area contributed by atoms with Gasteiger partial charge in [0.15, 0.2) is 5.43 Å². The molecule has 0 unspecified atom stereocenters. The summed E-state index contributed by atoms with van der Waals surface area (Å²) in [6, 6.07) is 26.9. The van der Waals surface area contributed by atoms with E-state index in [1.807, 2.05) is 42.5 Å². The van der Waals surface area contributed by atoms with Crippen LogP contribution < -0.4 is 5.43 Å². The maximum Gasteiger partial charge on any atom is 0.269 e. The Bertz CT molecular complexity index is 1480. The first kappa shape index (κ1) is 17.8. The summed E-state index contributed by atoms with van der Waals surface area (Å²) in [7, 11) is 0. The van der Waals surface area contributed by atoms with Crippen molar-refractivity contribution < 1.29 is 9.34 Å². The van der Waals surface area contributed by atoms with Crippen LogP contribution in [0.4, 0.5) is 5.69 Å². The predicted octanol–water partition coefficient (Wildman–Crippen LogP) is 6.19. The van der Waals surface area contributed by atoms with E-state index in [-0.39, 0.29) is 11.1 Å². The fraction of sp³-hybridized carbons (Fsp3) is 0. The second-order valence-corrected chi connectivity index (χ2v) is 7.02. The molecule has 5 heteroatoms. The van der Waals surface area contributed by atoms with Crippen LogP contribution in [0.3, 0.4) is 0 Å². The average Bonchev–Trinajstić information content (AvgIpc) is 2.78. The summed E-state index contributed by atoms with van der Waals surface area (Å²) in [5, 5.41) is 13.6. The largest absolute Gasteiger partial charge is 0.456 e. The summed E-state index contributed by atoms with van der Waals surface area (Å²) in [4.78, 5) is 23.3. The van der Waals surface area contributed by atoms with Crippen LogP contribution in [-0.4, -0.2) is 4.92 Å². The standard InChI is InChI=1S/C25H15NO4/c27-23-15-25(30-24-8-4-3-7-20(23)24)22-14-18-6-2-1-5-17(18)13-21(22)16-9-11-19(12-10-16)26(28)29/h1-15H. The fourth-order valence-electron chi connectivity index (χ4n) is 3.68. The topological polar surface area (TPSA) is 73.3 Å². The zero-order valence-corrected chi connectivity index (χ0v) is 15.7. The number of hydrogen-bond acceptors (Lipinski definition) is 4. The first-order chi connectivity index (χ1) is 14.6. The lowest BCUT2D eigenvalue weighted by Crippen LogP contribution is -2.00. The Morgan fingerprint density at radius 2 is 1.37 bits per heavy atom. The second-order valence-electron chi connectivity index (χ2n) is 7.02. The molecule has 1 heterocycles. The van der Waals surface area contributed by atoms with E-state index >= 15 is 0 Å². The third-order valence-electron chi connectivity index (χ3n) is 5.18. The quantitative estimate of drug-likeness (QED) is 0.271. The monoisotopic (exact) mass is 393 g/mol. The summed E-state index contributed by atoms with van der Waals surface area (Å²) < 4.78 is 6.09. The lowest BCUT2D eigenvalue weighted by atomic mass is 9.94. The van der Waals surface area contributed by atoms with Gasteiger partial charge in [0.2, 0.25) is 0 Å². The molecule has 5 nitrogen and oxygen atoms in total. The molecule has 0 aliphatic rings. The first-order valence-electron chi connectivity index (χ1n) is 9.41. The number of hydrogen-bond donors (Lipinski definition) is 0. The number of rotatable bonds is 3. The molecule has 30 heavy (non-hydrogen) atoms. The van der Waals surface area contributed by atoms with Crippen molar-refractivity contribution in [2.45, 2.75) is 0 Å². The molecule has 0 aliphatic carbocycles. The van der Waals surface area contributed by atoms with Gasteiger partial charge in [0.25, 0.3) is 5.69 Å². The van der Waals surface area contributed by atoms with Crippen molar-refractivity contribution in [1.29, 1.82) is 0 Å². The van der Waals surface area contributed by atoms with E-state index in [0.29, 0.717) is 16.7 Å². The zero-order chi connectivity index (χ0) is 20.7. The highest BCUT2D eigenvalue weighted by Crippen LogP contribution is 2.36. The maximum absolute atomic E-state index is 12.7. The highest BCUT2D eigenvalue weighted by Gasteiger charge is 2.15. The van der Waals surface area contributed by atoms with Gasteiger partial charge in [-0.15, -0.1) is 0 Å². The third kappa shape index (κ3) is 3.02. The molecule has 0 saturated heterocycles. The van der Waals surface area contributed by atoms with Gasteiger partial charge in [-0.1, -0.05) is 36.4 Å². The lowest BCUT2D eigenvalue weighted by Gasteiger charge is -2.12. The Morgan fingerprint density at radius 1 is 0.733 bits per heavy atom. The van der Waals surface area contributed by atoms with Crippen LogP contribution in [0, 0.1) is 10.1 Å². The SMILES string of the molecule is O=c1cc(-c2cc3ccccc3cc2-c2ccc([N+](=O)[O-])cc2)oc2ccccc12. The van der Waals surface area contributed by atoms with Gasteiger partial charge < -0.3 is 4.42 Å². The second kappa shape index (κ2) is 6.97. The fourth-order valence-corrected chi connectivity index (χ4v) is 3.68. The van der Waals surface area contributed by atoms with Gasteiger partial charge in [-0.25, -0.2) is 0 Å². The van der Waals surface area contributed by atoms with Gasteiger partial charge in [0, 0.05) is 23.8 Å². The van der Waals surface area contributed by atoms with Gasteiger partial charge in [-0.2, -0.15) is 0 Å². The van der Waals surface area contributed by atoms with Crippen LogP contribution >= 0.6 is 0 Å². The van der Waals surface area contributed by atoms with Crippen LogP contribution in [0.2, 0.25) is 0 Å². The van der Waals surface area contributed by atoms with E-state index in [1.54, 1.807) is 30.3 Å². The molecule has 1 aromatic heterocycles. The van der Waals surface area contributed by atoms with Gasteiger partial charge in [0.1, 0.15) is 11.3 Å². The third-order valence-corrected chi connectivity index (χ3v) is 5.18. The number of nitro groups is 1. The van der Waals surface area contributed by atoms with Crippen molar-refractivity contribution in [2.24, 2.45) is 0 Å². The lowest BCUT2D eigenvalue weighted by molar-refractivity contribution is -0.384. The summed E-state index contributed by atoms with van der Waals surface area (Å²) in [6.07, 6.45) is 0. The van der Waals surface area contributed by atoms with E-state index in [1.165, 1.54) is 18.2 Å². The van der Waals surface area contributed by atoms with E-state index in [9.17, 15) is 14.9 Å². The number of para-hydroxylation sites is 1. The molecule has 5 aromatic rings. The van der Waals surface area contributed by atoms with Gasteiger partial charge in [0.05, 0.1) is 10.3 Å². The number of nitrogens with zero attached hydrogens (tertiary/aromatic N) is 1. The van der Waals surface area contributed by atoms with Crippen molar-refractivity contribution in [3.05, 3.63) is 111 Å². The molecule has 0 N–H and O–H groups in total. The Kier molecular flexibility index (Phi) is 4.14. The Labute approximate surface area is 171 Å². The molecule has 0 saturated carbocycles. The van der Waals surface area contributed by atoms with Gasteiger partial charge in [-0.05, 0) is 58.3 Å².